The second kappa shape index (κ2) is 11.3. The zero-order valence-corrected chi connectivity index (χ0v) is 33.2. The number of ether oxygens (including phenoxy) is 1. The molecular weight excluding hydrogens is 625 g/mol. The molecule has 0 N–H and O–H groups in total. The van der Waals surface area contributed by atoms with Crippen LogP contribution < -0.4 is 25.3 Å². The third-order valence-electron chi connectivity index (χ3n) is 11.9. The van der Waals surface area contributed by atoms with Crippen LogP contribution in [0.3, 0.4) is 0 Å². The van der Waals surface area contributed by atoms with Gasteiger partial charge in [0.1, 0.15) is 11.5 Å². The predicted octanol–water partition coefficient (Wildman–Crippen LogP) is 11.9. The number of thiophene rings is 1. The monoisotopic (exact) mass is 679 g/mol. The van der Waals surface area contributed by atoms with Crippen LogP contribution in [-0.2, 0) is 16.2 Å². The van der Waals surface area contributed by atoms with Crippen LogP contribution in [0, 0.1) is 6.92 Å². The number of benzene rings is 4. The van der Waals surface area contributed by atoms with Crippen LogP contribution in [0.25, 0.3) is 10.1 Å². The molecule has 258 valence electrons. The van der Waals surface area contributed by atoms with Crippen molar-refractivity contribution in [3.63, 3.8) is 0 Å². The van der Waals surface area contributed by atoms with E-state index in [2.05, 4.69) is 149 Å². The molecule has 2 atom stereocenters. The first kappa shape index (κ1) is 33.6. The maximum absolute atomic E-state index is 7.25. The maximum atomic E-state index is 7.25. The van der Waals surface area contributed by atoms with Gasteiger partial charge >= 0.3 is 0 Å². The van der Waals surface area contributed by atoms with Gasteiger partial charge in [0.15, 0.2) is 0 Å². The molecule has 50 heavy (non-hydrogen) atoms. The van der Waals surface area contributed by atoms with Gasteiger partial charge in [-0.2, -0.15) is 0 Å². The van der Waals surface area contributed by atoms with Crippen LogP contribution in [0.15, 0.2) is 60.7 Å². The maximum Gasteiger partial charge on any atom is 0.268 e. The molecule has 3 aliphatic rings. The van der Waals surface area contributed by atoms with Gasteiger partial charge < -0.3 is 9.64 Å². The summed E-state index contributed by atoms with van der Waals surface area (Å²) in [5.74, 6) is 3.27. The first-order valence-corrected chi connectivity index (χ1v) is 19.8. The lowest BCUT2D eigenvalue weighted by molar-refractivity contribution is 0.439. The largest absolute Gasteiger partial charge is 0.458 e. The summed E-state index contributed by atoms with van der Waals surface area (Å²) in [5, 5.41) is 1.36. The quantitative estimate of drug-likeness (QED) is 0.169. The van der Waals surface area contributed by atoms with Crippen molar-refractivity contribution in [2.75, 3.05) is 4.90 Å². The molecule has 5 aromatic rings. The van der Waals surface area contributed by atoms with E-state index in [4.69, 9.17) is 4.74 Å². The van der Waals surface area contributed by atoms with Gasteiger partial charge in [-0.25, -0.2) is 0 Å². The van der Waals surface area contributed by atoms with Crippen LogP contribution in [0.1, 0.15) is 141 Å². The van der Waals surface area contributed by atoms with E-state index in [0.29, 0.717) is 11.8 Å². The molecule has 2 unspecified atom stereocenters. The molecule has 0 saturated carbocycles. The summed E-state index contributed by atoms with van der Waals surface area (Å²) in [4.78, 5) is 2.62. The van der Waals surface area contributed by atoms with E-state index in [1.807, 2.05) is 11.3 Å². The number of hydrogen-bond donors (Lipinski definition) is 0. The number of aryl methyl sites for hydroxylation is 1. The first-order chi connectivity index (χ1) is 23.5. The van der Waals surface area contributed by atoms with Gasteiger partial charge in [0, 0.05) is 31.8 Å². The number of rotatable bonds is 2. The molecule has 4 heteroatoms. The highest BCUT2D eigenvalue weighted by Gasteiger charge is 2.46. The highest BCUT2D eigenvalue weighted by atomic mass is 32.1. The molecule has 2 aliphatic heterocycles. The van der Waals surface area contributed by atoms with Crippen LogP contribution in [0.4, 0.5) is 17.1 Å². The molecule has 3 heterocycles. The van der Waals surface area contributed by atoms with E-state index in [-0.39, 0.29) is 23.0 Å². The minimum absolute atomic E-state index is 0.00735. The van der Waals surface area contributed by atoms with Crippen LogP contribution in [0.2, 0.25) is 0 Å². The molecule has 0 spiro atoms. The normalized spacial score (nSPS) is 18.4. The van der Waals surface area contributed by atoms with Crippen molar-refractivity contribution in [3.8, 4) is 11.5 Å². The molecule has 0 bridgehead atoms. The van der Waals surface area contributed by atoms with Gasteiger partial charge in [-0.3, -0.25) is 0 Å². The van der Waals surface area contributed by atoms with Gasteiger partial charge in [-0.05, 0) is 129 Å². The lowest BCUT2D eigenvalue weighted by atomic mass is 9.36. The van der Waals surface area contributed by atoms with E-state index in [0.717, 1.165) is 17.9 Å². The minimum atomic E-state index is 0.00735. The summed E-state index contributed by atoms with van der Waals surface area (Å²) in [6, 6.07) is 24.2. The fourth-order valence-corrected chi connectivity index (χ4v) is 10.1. The van der Waals surface area contributed by atoms with Crippen LogP contribution in [-0.4, -0.2) is 6.71 Å². The molecule has 0 saturated heterocycles. The molecule has 2 nitrogen and oxygen atoms in total. The van der Waals surface area contributed by atoms with Gasteiger partial charge in [0.25, 0.3) is 6.71 Å². The third-order valence-corrected chi connectivity index (χ3v) is 13.1. The van der Waals surface area contributed by atoms with E-state index in [1.54, 1.807) is 0 Å². The highest BCUT2D eigenvalue weighted by molar-refractivity contribution is 7.33. The Kier molecular flexibility index (Phi) is 7.57. The number of hydrogen-bond acceptors (Lipinski definition) is 3. The summed E-state index contributed by atoms with van der Waals surface area (Å²) in [5.41, 5.74) is 14.9. The highest BCUT2D eigenvalue weighted by Crippen LogP contribution is 2.51. The number of nitrogens with zero attached hydrogens (tertiary/aromatic N) is 1. The van der Waals surface area contributed by atoms with Gasteiger partial charge in [0.2, 0.25) is 0 Å². The first-order valence-electron chi connectivity index (χ1n) is 19.0. The Hall–Kier alpha value is -3.50. The molecule has 0 radical (unpaired) electrons. The van der Waals surface area contributed by atoms with Crippen molar-refractivity contribution < 1.29 is 4.74 Å². The topological polar surface area (TPSA) is 12.5 Å². The summed E-state index contributed by atoms with van der Waals surface area (Å²) in [7, 11) is 0. The standard InChI is InChI=1S/C46H54BNOS/c1-13-28-15-14-27(3)33-17-18-35-42(39(28)33)49-37-21-26(2)20-36-40(37)47(35)43-41(34-25-29(44(4,5)6)16-19-38(34)50-43)48(36)32-23-30(45(7,8)9)22-31(24-32)46(10,11)12/h16-25,27-28H,13-15H2,1-12H3. The number of fused-ring (bicyclic) bond motifs is 8. The average molecular weight is 680 g/mol. The lowest BCUT2D eigenvalue weighted by Crippen LogP contribution is -2.58. The predicted molar refractivity (Wildman–Crippen MR) is 219 cm³/mol. The molecule has 1 aromatic heterocycles. The Morgan fingerprint density at radius 3 is 2.12 bits per heavy atom. The third kappa shape index (κ3) is 5.18. The zero-order chi connectivity index (χ0) is 35.7. The van der Waals surface area contributed by atoms with E-state index in [1.165, 1.54) is 89.1 Å². The van der Waals surface area contributed by atoms with Crippen LogP contribution >= 0.6 is 11.3 Å². The Balaban J connectivity index is 1.49. The second-order valence-electron chi connectivity index (χ2n) is 18.7. The molecule has 0 amide bonds. The van der Waals surface area contributed by atoms with Gasteiger partial charge in [0.05, 0.1) is 5.69 Å². The van der Waals surface area contributed by atoms with Crippen molar-refractivity contribution in [1.82, 2.24) is 0 Å². The molecule has 1 aliphatic carbocycles. The van der Waals surface area contributed by atoms with Crippen molar-refractivity contribution in [1.29, 1.82) is 0 Å². The van der Waals surface area contributed by atoms with Crippen LogP contribution in [0.5, 0.6) is 11.5 Å². The SMILES string of the molecule is CCC1CCC(C)c2ccc3c(c21)Oc1cc(C)cc2c1B3c1sc3ccc(C(C)(C)C)cc3c1N2c1cc(C(C)(C)C)cc(C(C)(C)C)c1. The smallest absolute Gasteiger partial charge is 0.268 e. The lowest BCUT2D eigenvalue weighted by Gasteiger charge is -2.41. The molecule has 0 fully saturated rings. The van der Waals surface area contributed by atoms with E-state index < -0.39 is 0 Å². The molecule has 4 aromatic carbocycles. The van der Waals surface area contributed by atoms with E-state index in [9.17, 15) is 0 Å². The molecule has 8 rings (SSSR count). The van der Waals surface area contributed by atoms with Crippen molar-refractivity contribution >= 4 is 60.9 Å². The molecular formula is C46H54BNOS. The average Bonchev–Trinajstić information content (AvgIpc) is 3.41. The Morgan fingerprint density at radius 1 is 0.800 bits per heavy atom. The Bertz CT molecular complexity index is 2150. The van der Waals surface area contributed by atoms with Gasteiger partial charge in [-0.1, -0.05) is 100 Å². The summed E-state index contributed by atoms with van der Waals surface area (Å²) < 4.78 is 10.0. The fraction of sp³-hybridized carbons (Fsp3) is 0.435. The summed E-state index contributed by atoms with van der Waals surface area (Å²) in [6.07, 6.45) is 3.63. The van der Waals surface area contributed by atoms with Crippen molar-refractivity contribution in [2.24, 2.45) is 0 Å². The van der Waals surface area contributed by atoms with Gasteiger partial charge in [-0.15, -0.1) is 11.3 Å². The van der Waals surface area contributed by atoms with Crippen molar-refractivity contribution in [3.05, 3.63) is 94.0 Å². The summed E-state index contributed by atoms with van der Waals surface area (Å²) >= 11 is 1.99. The van der Waals surface area contributed by atoms with Crippen molar-refractivity contribution in [2.45, 2.75) is 130 Å². The second-order valence-corrected chi connectivity index (χ2v) is 19.8. The minimum Gasteiger partial charge on any atom is -0.458 e. The Morgan fingerprint density at radius 2 is 1.48 bits per heavy atom. The van der Waals surface area contributed by atoms with E-state index >= 15 is 0 Å². The summed E-state index contributed by atoms with van der Waals surface area (Å²) in [6.45, 7) is 28.2. The Labute approximate surface area is 305 Å². The zero-order valence-electron chi connectivity index (χ0n) is 32.4. The number of anilines is 3. The fourth-order valence-electron chi connectivity index (χ4n) is 8.82.